The van der Waals surface area contributed by atoms with Crippen molar-refractivity contribution in [2.75, 3.05) is 7.11 Å². The number of rotatable bonds is 4. The van der Waals surface area contributed by atoms with Crippen LogP contribution in [0.3, 0.4) is 0 Å². The maximum Gasteiger partial charge on any atom is 1.00 e. The van der Waals surface area contributed by atoms with Gasteiger partial charge in [-0.2, -0.15) is 5.26 Å². The standard InChI is InChI=1S/C18H14N2O2S.Na/c1-22-18(21)15(12-19)16(13-8-4-2-5-9-13)20-17(23)14-10-6-3-7-11-14;/h2-11,21H,1H3;/q;+1/p-1/b18-15+,20-16?;. The predicted molar refractivity (Wildman–Crippen MR) is 90.8 cm³/mol. The van der Waals surface area contributed by atoms with E-state index in [4.69, 9.17) is 12.2 Å². The van der Waals surface area contributed by atoms with E-state index in [1.807, 2.05) is 42.5 Å². The Balaban J connectivity index is 0.00000288. The third-order valence-corrected chi connectivity index (χ3v) is 3.35. The Morgan fingerprint density at radius 1 is 1.04 bits per heavy atom. The van der Waals surface area contributed by atoms with Crippen LogP contribution in [-0.4, -0.2) is 17.8 Å². The fourth-order valence-electron chi connectivity index (χ4n) is 1.90. The van der Waals surface area contributed by atoms with Crippen LogP contribution in [-0.2, 0) is 4.74 Å². The molecule has 0 radical (unpaired) electrons. The van der Waals surface area contributed by atoms with E-state index >= 15 is 0 Å². The summed E-state index contributed by atoms with van der Waals surface area (Å²) in [7, 11) is 1.22. The molecule has 0 aromatic heterocycles. The summed E-state index contributed by atoms with van der Waals surface area (Å²) in [6.07, 6.45) is 0. The number of aliphatic imine (C=N–C) groups is 1. The quantitative estimate of drug-likeness (QED) is 0.249. The van der Waals surface area contributed by atoms with E-state index < -0.39 is 5.95 Å². The fourth-order valence-corrected chi connectivity index (χ4v) is 2.13. The maximum absolute atomic E-state index is 11.9. The Morgan fingerprint density at radius 3 is 2.00 bits per heavy atom. The number of allylic oxidation sites excluding steroid dienone is 1. The van der Waals surface area contributed by atoms with Crippen LogP contribution in [0.15, 0.2) is 77.2 Å². The van der Waals surface area contributed by atoms with Crippen molar-refractivity contribution in [1.29, 1.82) is 5.26 Å². The van der Waals surface area contributed by atoms with Crippen LogP contribution in [0.1, 0.15) is 11.1 Å². The molecule has 0 fully saturated rings. The molecule has 0 saturated carbocycles. The Bertz CT molecular complexity index is 797. The molecule has 114 valence electrons. The van der Waals surface area contributed by atoms with Crippen molar-refractivity contribution in [3.8, 4) is 6.07 Å². The van der Waals surface area contributed by atoms with Gasteiger partial charge in [-0.05, 0) is 7.11 Å². The first kappa shape index (κ1) is 20.1. The van der Waals surface area contributed by atoms with Crippen LogP contribution >= 0.6 is 12.2 Å². The van der Waals surface area contributed by atoms with Gasteiger partial charge in [0.1, 0.15) is 11.1 Å². The summed E-state index contributed by atoms with van der Waals surface area (Å²) in [6.45, 7) is 0. The van der Waals surface area contributed by atoms with Crippen LogP contribution in [0, 0.1) is 11.3 Å². The molecule has 0 aliphatic heterocycles. The monoisotopic (exact) mass is 344 g/mol. The molecule has 0 aliphatic rings. The fraction of sp³-hybridized carbons (Fsp3) is 0.0556. The van der Waals surface area contributed by atoms with Gasteiger partial charge in [0.2, 0.25) is 0 Å². The minimum atomic E-state index is -0.744. The SMILES string of the molecule is CO/C([O-])=C(\C#N)C(=NC(=S)c1ccccc1)c1ccccc1.[Na+]. The van der Waals surface area contributed by atoms with Crippen LogP contribution in [0.2, 0.25) is 0 Å². The van der Waals surface area contributed by atoms with E-state index in [1.165, 1.54) is 7.11 Å². The van der Waals surface area contributed by atoms with Gasteiger partial charge in [0, 0.05) is 11.1 Å². The van der Waals surface area contributed by atoms with Crippen molar-refractivity contribution < 1.29 is 39.4 Å². The molecular formula is C18H13N2NaO2S. The van der Waals surface area contributed by atoms with Crippen molar-refractivity contribution >= 4 is 22.9 Å². The Hall–Kier alpha value is -1.97. The van der Waals surface area contributed by atoms with Gasteiger partial charge in [0.25, 0.3) is 0 Å². The first-order valence-electron chi connectivity index (χ1n) is 6.76. The number of methoxy groups -OCH3 is 1. The normalized spacial score (nSPS) is 11.6. The molecule has 24 heavy (non-hydrogen) atoms. The molecule has 0 heterocycles. The van der Waals surface area contributed by atoms with Crippen LogP contribution in [0.5, 0.6) is 0 Å². The number of thiocarbonyl (C=S) groups is 1. The second-order valence-corrected chi connectivity index (χ2v) is 4.86. The van der Waals surface area contributed by atoms with E-state index in [1.54, 1.807) is 24.3 Å². The maximum atomic E-state index is 11.9. The van der Waals surface area contributed by atoms with E-state index in [0.29, 0.717) is 10.6 Å². The predicted octanol–water partition coefficient (Wildman–Crippen LogP) is -0.403. The van der Waals surface area contributed by atoms with E-state index in [9.17, 15) is 10.4 Å². The van der Waals surface area contributed by atoms with Gasteiger partial charge in [-0.25, -0.2) is 4.99 Å². The van der Waals surface area contributed by atoms with E-state index in [2.05, 4.69) is 9.73 Å². The molecule has 6 heteroatoms. The summed E-state index contributed by atoms with van der Waals surface area (Å²) in [5, 5.41) is 21.2. The van der Waals surface area contributed by atoms with E-state index in [0.717, 1.165) is 5.56 Å². The summed E-state index contributed by atoms with van der Waals surface area (Å²) in [6, 6.07) is 20.0. The molecule has 0 saturated heterocycles. The second-order valence-electron chi connectivity index (χ2n) is 4.48. The van der Waals surface area contributed by atoms with Gasteiger partial charge in [0.05, 0.1) is 17.2 Å². The van der Waals surface area contributed by atoms with Crippen LogP contribution in [0.25, 0.3) is 0 Å². The van der Waals surface area contributed by atoms with E-state index in [-0.39, 0.29) is 40.8 Å². The third kappa shape index (κ3) is 5.02. The average Bonchev–Trinajstić information content (AvgIpc) is 2.62. The average molecular weight is 344 g/mol. The molecule has 0 bridgehead atoms. The van der Waals surface area contributed by atoms with Gasteiger partial charge in [0.15, 0.2) is 0 Å². The van der Waals surface area contributed by atoms with Gasteiger partial charge >= 0.3 is 29.6 Å². The summed E-state index contributed by atoms with van der Waals surface area (Å²) in [5.41, 5.74) is 1.37. The number of hydrogen-bond donors (Lipinski definition) is 0. The molecule has 2 rings (SSSR count). The third-order valence-electron chi connectivity index (χ3n) is 3.02. The summed E-state index contributed by atoms with van der Waals surface area (Å²) >= 11 is 5.32. The number of ether oxygens (including phenoxy) is 1. The van der Waals surface area contributed by atoms with Crippen molar-refractivity contribution in [3.05, 3.63) is 83.3 Å². The minimum Gasteiger partial charge on any atom is -0.616 e. The van der Waals surface area contributed by atoms with Crippen molar-refractivity contribution in [1.82, 2.24) is 0 Å². The zero-order valence-electron chi connectivity index (χ0n) is 13.4. The Labute approximate surface area is 168 Å². The molecular weight excluding hydrogens is 331 g/mol. The molecule has 4 nitrogen and oxygen atoms in total. The Kier molecular flexibility index (Phi) is 8.37. The largest absolute Gasteiger partial charge is 1.00 e. The number of nitrogens with zero attached hydrogens (tertiary/aromatic N) is 2. The molecule has 0 spiro atoms. The van der Waals surface area contributed by atoms with Crippen molar-refractivity contribution in [2.45, 2.75) is 0 Å². The number of hydrogen-bond acceptors (Lipinski definition) is 4. The zero-order valence-corrected chi connectivity index (χ0v) is 16.2. The molecule has 0 atom stereocenters. The molecule has 0 aliphatic carbocycles. The topological polar surface area (TPSA) is 68.4 Å². The summed E-state index contributed by atoms with van der Waals surface area (Å²) in [5.74, 6) is -0.744. The summed E-state index contributed by atoms with van der Waals surface area (Å²) in [4.78, 5) is 4.64. The van der Waals surface area contributed by atoms with Crippen molar-refractivity contribution in [3.63, 3.8) is 0 Å². The van der Waals surface area contributed by atoms with Gasteiger partial charge in [-0.15, -0.1) is 0 Å². The first-order valence-corrected chi connectivity index (χ1v) is 7.17. The molecule has 2 aromatic carbocycles. The van der Waals surface area contributed by atoms with Crippen LogP contribution in [0.4, 0.5) is 0 Å². The smallest absolute Gasteiger partial charge is 0.616 e. The van der Waals surface area contributed by atoms with Gasteiger partial charge < -0.3 is 9.84 Å². The van der Waals surface area contributed by atoms with Crippen molar-refractivity contribution in [2.24, 2.45) is 4.99 Å². The number of benzene rings is 2. The number of nitriles is 1. The molecule has 0 amide bonds. The van der Waals surface area contributed by atoms with Gasteiger partial charge in [-0.3, -0.25) is 0 Å². The molecule has 2 aromatic rings. The first-order chi connectivity index (χ1) is 11.2. The Morgan fingerprint density at radius 2 is 1.54 bits per heavy atom. The molecule has 0 N–H and O–H groups in total. The summed E-state index contributed by atoms with van der Waals surface area (Å²) < 4.78 is 4.67. The minimum absolute atomic E-state index is 0. The molecule has 0 unspecified atom stereocenters. The second kappa shape index (κ2) is 10.0. The van der Waals surface area contributed by atoms with Gasteiger partial charge in [-0.1, -0.05) is 72.9 Å². The zero-order chi connectivity index (χ0) is 16.7. The van der Waals surface area contributed by atoms with Crippen LogP contribution < -0.4 is 34.7 Å².